The normalized spacial score (nSPS) is 11.6. The lowest BCUT2D eigenvalue weighted by Crippen LogP contribution is -2.09. The van der Waals surface area contributed by atoms with Crippen LogP contribution in [-0.4, -0.2) is 4.98 Å². The molecule has 0 bridgehead atoms. The van der Waals surface area contributed by atoms with Gasteiger partial charge in [-0.1, -0.05) is 33.3 Å². The van der Waals surface area contributed by atoms with Crippen LogP contribution < -0.4 is 0 Å². The third-order valence-corrected chi connectivity index (χ3v) is 2.97. The van der Waals surface area contributed by atoms with E-state index in [4.69, 9.17) is 0 Å². The molecule has 0 atom stereocenters. The first-order valence-corrected chi connectivity index (χ1v) is 5.54. The van der Waals surface area contributed by atoms with Gasteiger partial charge in [0.25, 0.3) is 0 Å². The summed E-state index contributed by atoms with van der Waals surface area (Å²) in [6.07, 6.45) is 6.79. The molecule has 1 aromatic heterocycles. The molecular formula is C13H21N. The van der Waals surface area contributed by atoms with Crippen molar-refractivity contribution < 1.29 is 0 Å². The molecule has 0 saturated heterocycles. The minimum absolute atomic E-state index is 0.495. The maximum Gasteiger partial charge on any atom is 0.0403 e. The van der Waals surface area contributed by atoms with Crippen LogP contribution in [0.5, 0.6) is 0 Å². The number of hydrogen-bond acceptors (Lipinski definition) is 1. The first kappa shape index (κ1) is 11.2. The summed E-state index contributed by atoms with van der Waals surface area (Å²) in [5.74, 6) is 0. The van der Waals surface area contributed by atoms with E-state index in [0.29, 0.717) is 5.41 Å². The standard InChI is InChI=1S/C13H21N/c1-4-13(2,3)10-7-9-12-8-5-6-11-14-12/h5-6,8,11H,4,7,9-10H2,1-3H3. The quantitative estimate of drug-likeness (QED) is 0.689. The molecule has 0 aliphatic carbocycles. The van der Waals surface area contributed by atoms with Crippen molar-refractivity contribution in [2.24, 2.45) is 5.41 Å². The van der Waals surface area contributed by atoms with Gasteiger partial charge in [0.2, 0.25) is 0 Å². The molecule has 1 heteroatoms. The van der Waals surface area contributed by atoms with Gasteiger partial charge in [-0.15, -0.1) is 0 Å². The van der Waals surface area contributed by atoms with Gasteiger partial charge in [-0.25, -0.2) is 0 Å². The third-order valence-electron chi connectivity index (χ3n) is 2.97. The van der Waals surface area contributed by atoms with Gasteiger partial charge in [-0.05, 0) is 36.8 Å². The zero-order valence-electron chi connectivity index (χ0n) is 9.59. The van der Waals surface area contributed by atoms with Gasteiger partial charge in [0.15, 0.2) is 0 Å². The van der Waals surface area contributed by atoms with E-state index in [-0.39, 0.29) is 0 Å². The molecule has 0 spiro atoms. The summed E-state index contributed by atoms with van der Waals surface area (Å²) >= 11 is 0. The predicted octanol–water partition coefficient (Wildman–Crippen LogP) is 3.84. The molecule has 0 amide bonds. The van der Waals surface area contributed by atoms with Crippen molar-refractivity contribution in [2.45, 2.75) is 46.5 Å². The zero-order chi connectivity index (χ0) is 10.4. The molecule has 1 heterocycles. The first-order valence-electron chi connectivity index (χ1n) is 5.54. The van der Waals surface area contributed by atoms with Crippen LogP contribution in [0.2, 0.25) is 0 Å². The highest BCUT2D eigenvalue weighted by Crippen LogP contribution is 2.26. The van der Waals surface area contributed by atoms with Gasteiger partial charge in [0.05, 0.1) is 0 Å². The molecule has 1 nitrogen and oxygen atoms in total. The van der Waals surface area contributed by atoms with Crippen molar-refractivity contribution >= 4 is 0 Å². The predicted molar refractivity (Wildman–Crippen MR) is 61.2 cm³/mol. The van der Waals surface area contributed by atoms with E-state index in [1.807, 2.05) is 12.3 Å². The highest BCUT2D eigenvalue weighted by atomic mass is 14.7. The van der Waals surface area contributed by atoms with Crippen LogP contribution >= 0.6 is 0 Å². The third kappa shape index (κ3) is 3.91. The van der Waals surface area contributed by atoms with E-state index in [9.17, 15) is 0 Å². The van der Waals surface area contributed by atoms with E-state index >= 15 is 0 Å². The van der Waals surface area contributed by atoms with Gasteiger partial charge < -0.3 is 0 Å². The lowest BCUT2D eigenvalue weighted by molar-refractivity contribution is 0.312. The number of pyridine rings is 1. The lowest BCUT2D eigenvalue weighted by Gasteiger charge is -2.21. The number of rotatable bonds is 5. The molecule has 0 fully saturated rings. The zero-order valence-corrected chi connectivity index (χ0v) is 9.59. The Hall–Kier alpha value is -0.850. The molecule has 1 aromatic rings. The van der Waals surface area contributed by atoms with Crippen molar-refractivity contribution in [2.75, 3.05) is 0 Å². The fourth-order valence-electron chi connectivity index (χ4n) is 1.47. The van der Waals surface area contributed by atoms with E-state index in [0.717, 1.165) is 6.42 Å². The van der Waals surface area contributed by atoms with Crippen molar-refractivity contribution in [3.8, 4) is 0 Å². The molecule has 78 valence electrons. The Bertz CT molecular complexity index is 251. The Morgan fingerprint density at radius 3 is 2.64 bits per heavy atom. The van der Waals surface area contributed by atoms with E-state index in [1.165, 1.54) is 25.0 Å². The molecule has 0 N–H and O–H groups in total. The minimum atomic E-state index is 0.495. The Balaban J connectivity index is 2.29. The molecule has 0 aliphatic heterocycles. The van der Waals surface area contributed by atoms with E-state index < -0.39 is 0 Å². The van der Waals surface area contributed by atoms with Crippen LogP contribution in [-0.2, 0) is 6.42 Å². The average Bonchev–Trinajstić information content (AvgIpc) is 2.19. The molecule has 0 saturated carbocycles. The molecule has 0 aliphatic rings. The fraction of sp³-hybridized carbons (Fsp3) is 0.615. The molecule has 14 heavy (non-hydrogen) atoms. The largest absolute Gasteiger partial charge is 0.261 e. The summed E-state index contributed by atoms with van der Waals surface area (Å²) in [6, 6.07) is 6.14. The highest BCUT2D eigenvalue weighted by Gasteiger charge is 2.13. The second kappa shape index (κ2) is 5.14. The van der Waals surface area contributed by atoms with Crippen LogP contribution in [0.25, 0.3) is 0 Å². The molecule has 0 aromatic carbocycles. The Morgan fingerprint density at radius 1 is 1.29 bits per heavy atom. The maximum absolute atomic E-state index is 4.32. The number of aryl methyl sites for hydroxylation is 1. The van der Waals surface area contributed by atoms with Crippen molar-refractivity contribution in [3.05, 3.63) is 30.1 Å². The summed E-state index contributed by atoms with van der Waals surface area (Å²) in [5.41, 5.74) is 1.72. The number of nitrogens with zero attached hydrogens (tertiary/aromatic N) is 1. The Labute approximate surface area is 87.6 Å². The van der Waals surface area contributed by atoms with Crippen molar-refractivity contribution in [3.63, 3.8) is 0 Å². The summed E-state index contributed by atoms with van der Waals surface area (Å²) in [6.45, 7) is 6.94. The first-order chi connectivity index (χ1) is 6.64. The Kier molecular flexibility index (Phi) is 4.12. The molecule has 0 radical (unpaired) electrons. The van der Waals surface area contributed by atoms with Crippen LogP contribution in [0, 0.1) is 5.41 Å². The van der Waals surface area contributed by atoms with Crippen molar-refractivity contribution in [1.82, 2.24) is 4.98 Å². The molecule has 0 unspecified atom stereocenters. The van der Waals surface area contributed by atoms with Gasteiger partial charge in [0, 0.05) is 11.9 Å². The maximum atomic E-state index is 4.32. The van der Waals surface area contributed by atoms with Crippen LogP contribution in [0.4, 0.5) is 0 Å². The second-order valence-electron chi connectivity index (χ2n) is 4.69. The van der Waals surface area contributed by atoms with Crippen molar-refractivity contribution in [1.29, 1.82) is 0 Å². The fourth-order valence-corrected chi connectivity index (χ4v) is 1.47. The van der Waals surface area contributed by atoms with Gasteiger partial charge >= 0.3 is 0 Å². The van der Waals surface area contributed by atoms with Crippen LogP contribution in [0.3, 0.4) is 0 Å². The number of aromatic nitrogens is 1. The topological polar surface area (TPSA) is 12.9 Å². The average molecular weight is 191 g/mol. The smallest absolute Gasteiger partial charge is 0.0403 e. The van der Waals surface area contributed by atoms with Crippen LogP contribution in [0.1, 0.15) is 45.7 Å². The van der Waals surface area contributed by atoms with E-state index in [1.54, 1.807) is 0 Å². The second-order valence-corrected chi connectivity index (χ2v) is 4.69. The van der Waals surface area contributed by atoms with E-state index in [2.05, 4.69) is 37.9 Å². The summed E-state index contributed by atoms with van der Waals surface area (Å²) in [7, 11) is 0. The van der Waals surface area contributed by atoms with Gasteiger partial charge in [-0.2, -0.15) is 0 Å². The van der Waals surface area contributed by atoms with Gasteiger partial charge in [0.1, 0.15) is 0 Å². The van der Waals surface area contributed by atoms with Crippen LogP contribution in [0.15, 0.2) is 24.4 Å². The Morgan fingerprint density at radius 2 is 2.07 bits per heavy atom. The summed E-state index contributed by atoms with van der Waals surface area (Å²) < 4.78 is 0. The molecule has 1 rings (SSSR count). The minimum Gasteiger partial charge on any atom is -0.261 e. The summed E-state index contributed by atoms with van der Waals surface area (Å²) in [4.78, 5) is 4.32. The highest BCUT2D eigenvalue weighted by molar-refractivity contribution is 5.03. The summed E-state index contributed by atoms with van der Waals surface area (Å²) in [5, 5.41) is 0. The monoisotopic (exact) mass is 191 g/mol. The lowest BCUT2D eigenvalue weighted by atomic mass is 9.84. The molecular weight excluding hydrogens is 170 g/mol. The number of hydrogen-bond donors (Lipinski definition) is 0. The SMILES string of the molecule is CCC(C)(C)CCCc1ccccn1. The van der Waals surface area contributed by atoms with Gasteiger partial charge in [-0.3, -0.25) is 4.98 Å².